The van der Waals surface area contributed by atoms with Gasteiger partial charge in [-0.3, -0.25) is 19.6 Å². The molecule has 0 aliphatic rings. The van der Waals surface area contributed by atoms with Crippen molar-refractivity contribution in [3.8, 4) is 0 Å². The van der Waals surface area contributed by atoms with Gasteiger partial charge in [0, 0.05) is 27.9 Å². The lowest BCUT2D eigenvalue weighted by molar-refractivity contribution is -0.154. The van der Waals surface area contributed by atoms with E-state index in [1.165, 1.54) is 23.9 Å². The minimum absolute atomic E-state index is 0.155. The second-order valence-electron chi connectivity index (χ2n) is 2.09. The van der Waals surface area contributed by atoms with E-state index < -0.39 is 0 Å². The van der Waals surface area contributed by atoms with E-state index in [9.17, 15) is 9.59 Å². The number of carbonyl (C=O) groups is 2. The van der Waals surface area contributed by atoms with Crippen LogP contribution in [0.3, 0.4) is 0 Å². The predicted molar refractivity (Wildman–Crippen MR) is 48.2 cm³/mol. The summed E-state index contributed by atoms with van der Waals surface area (Å²) in [5.41, 5.74) is 0. The molecule has 0 spiro atoms. The van der Waals surface area contributed by atoms with Crippen LogP contribution in [0.4, 0.5) is 0 Å². The minimum Gasteiger partial charge on any atom is -0.273 e. The lowest BCUT2D eigenvalue weighted by atomic mass is 10.6. The summed E-state index contributed by atoms with van der Waals surface area (Å²) >= 11 is 0. The number of hydrogen-bond acceptors (Lipinski definition) is 2. The largest absolute Gasteiger partial charge is 0.273 e. The molecule has 4 heteroatoms. The second-order valence-corrected chi connectivity index (χ2v) is 2.09. The summed E-state index contributed by atoms with van der Waals surface area (Å²) in [6.07, 6.45) is 0. The van der Waals surface area contributed by atoms with Crippen LogP contribution in [0, 0.1) is 0 Å². The van der Waals surface area contributed by atoms with Gasteiger partial charge in [-0.05, 0) is 0 Å². The molecule has 0 N–H and O–H groups in total. The van der Waals surface area contributed by atoms with E-state index in [-0.39, 0.29) is 11.8 Å². The fourth-order valence-corrected chi connectivity index (χ4v) is 0.422. The average molecular weight is 174 g/mol. The molecule has 0 saturated heterocycles. The number of rotatable bonds is 0. The first kappa shape index (κ1) is 13.5. The number of hydrogen-bond donors (Lipinski definition) is 0. The smallest absolute Gasteiger partial charge is 0.237 e. The lowest BCUT2D eigenvalue weighted by Crippen LogP contribution is -2.42. The molecule has 0 aliphatic heterocycles. The standard InChI is InChI=1S/C6H12N2O2.C2H6/c1-5(9)7(3)8(4)6(2)10;1-2/h1-4H3;1-2H3. The quantitative estimate of drug-likeness (QED) is 0.512. The SMILES string of the molecule is CC.CC(=O)N(C)N(C)C(C)=O. The molecule has 0 heterocycles. The minimum atomic E-state index is -0.155. The normalized spacial score (nSPS) is 7.83. The maximum Gasteiger partial charge on any atom is 0.237 e. The van der Waals surface area contributed by atoms with Crippen molar-refractivity contribution in [2.75, 3.05) is 14.1 Å². The summed E-state index contributed by atoms with van der Waals surface area (Å²) in [6, 6.07) is 0. The van der Waals surface area contributed by atoms with Gasteiger partial charge in [-0.25, -0.2) is 0 Å². The second kappa shape index (κ2) is 6.64. The summed E-state index contributed by atoms with van der Waals surface area (Å²) in [7, 11) is 3.09. The third-order valence-electron chi connectivity index (χ3n) is 1.36. The maximum atomic E-state index is 10.6. The molecule has 2 amide bonds. The van der Waals surface area contributed by atoms with Crippen molar-refractivity contribution in [3.63, 3.8) is 0 Å². The molecule has 0 rings (SSSR count). The van der Waals surface area contributed by atoms with Crippen molar-refractivity contribution < 1.29 is 9.59 Å². The monoisotopic (exact) mass is 174 g/mol. The molecule has 0 aliphatic carbocycles. The Morgan fingerprint density at radius 1 is 0.833 bits per heavy atom. The predicted octanol–water partition coefficient (Wildman–Crippen LogP) is 0.884. The Hall–Kier alpha value is -1.06. The van der Waals surface area contributed by atoms with Gasteiger partial charge in [0.15, 0.2) is 0 Å². The number of amides is 2. The number of carbonyl (C=O) groups excluding carboxylic acids is 2. The Morgan fingerprint density at radius 3 is 1.08 bits per heavy atom. The van der Waals surface area contributed by atoms with Crippen LogP contribution in [-0.2, 0) is 9.59 Å². The van der Waals surface area contributed by atoms with Crippen molar-refractivity contribution in [1.29, 1.82) is 0 Å². The molecule has 0 fully saturated rings. The summed E-state index contributed by atoms with van der Waals surface area (Å²) in [5.74, 6) is -0.310. The van der Waals surface area contributed by atoms with Crippen molar-refractivity contribution in [3.05, 3.63) is 0 Å². The highest BCUT2D eigenvalue weighted by Crippen LogP contribution is 1.90. The zero-order chi connectivity index (χ0) is 10.3. The molecule has 0 aromatic heterocycles. The average Bonchev–Trinajstić information content (AvgIpc) is 2.05. The van der Waals surface area contributed by atoms with E-state index >= 15 is 0 Å². The molecule has 0 bridgehead atoms. The van der Waals surface area contributed by atoms with Crippen LogP contribution < -0.4 is 0 Å². The van der Waals surface area contributed by atoms with Crippen LogP contribution in [0.5, 0.6) is 0 Å². The molecule has 0 unspecified atom stereocenters. The molecular weight excluding hydrogens is 156 g/mol. The van der Waals surface area contributed by atoms with E-state index in [4.69, 9.17) is 0 Å². The molecule has 72 valence electrons. The van der Waals surface area contributed by atoms with Crippen LogP contribution >= 0.6 is 0 Å². The van der Waals surface area contributed by atoms with Crippen LogP contribution in [-0.4, -0.2) is 35.9 Å². The molecule has 0 atom stereocenters. The van der Waals surface area contributed by atoms with Gasteiger partial charge in [0.25, 0.3) is 0 Å². The van der Waals surface area contributed by atoms with Crippen molar-refractivity contribution >= 4 is 11.8 Å². The highest BCUT2D eigenvalue weighted by Gasteiger charge is 2.10. The first-order valence-electron chi connectivity index (χ1n) is 3.95. The molecule has 0 radical (unpaired) electrons. The number of nitrogens with zero attached hydrogens (tertiary/aromatic N) is 2. The van der Waals surface area contributed by atoms with Gasteiger partial charge in [-0.1, -0.05) is 13.8 Å². The third-order valence-corrected chi connectivity index (χ3v) is 1.36. The van der Waals surface area contributed by atoms with Gasteiger partial charge >= 0.3 is 0 Å². The zero-order valence-electron chi connectivity index (χ0n) is 8.71. The highest BCUT2D eigenvalue weighted by atomic mass is 16.2. The van der Waals surface area contributed by atoms with Gasteiger partial charge in [-0.15, -0.1) is 0 Å². The molecule has 0 saturated carbocycles. The Balaban J connectivity index is 0. The summed E-state index contributed by atoms with van der Waals surface area (Å²) in [6.45, 7) is 6.80. The van der Waals surface area contributed by atoms with Gasteiger partial charge in [-0.2, -0.15) is 0 Å². The topological polar surface area (TPSA) is 40.6 Å². The fourth-order valence-electron chi connectivity index (χ4n) is 0.422. The molecule has 4 nitrogen and oxygen atoms in total. The van der Waals surface area contributed by atoms with Crippen LogP contribution in [0.15, 0.2) is 0 Å². The zero-order valence-corrected chi connectivity index (χ0v) is 8.71. The van der Waals surface area contributed by atoms with Gasteiger partial charge in [0.2, 0.25) is 11.8 Å². The fraction of sp³-hybridized carbons (Fsp3) is 0.750. The third kappa shape index (κ3) is 4.71. The summed E-state index contributed by atoms with van der Waals surface area (Å²) in [4.78, 5) is 21.2. The van der Waals surface area contributed by atoms with Crippen molar-refractivity contribution in [1.82, 2.24) is 10.0 Å². The van der Waals surface area contributed by atoms with Crippen molar-refractivity contribution in [2.24, 2.45) is 0 Å². The van der Waals surface area contributed by atoms with E-state index in [1.807, 2.05) is 13.8 Å². The van der Waals surface area contributed by atoms with Crippen LogP contribution in [0.25, 0.3) is 0 Å². The summed E-state index contributed by atoms with van der Waals surface area (Å²) in [5, 5.41) is 2.50. The van der Waals surface area contributed by atoms with E-state index in [2.05, 4.69) is 0 Å². The van der Waals surface area contributed by atoms with Crippen molar-refractivity contribution in [2.45, 2.75) is 27.7 Å². The van der Waals surface area contributed by atoms with E-state index in [1.54, 1.807) is 14.1 Å². The first-order valence-corrected chi connectivity index (χ1v) is 3.95. The number of hydrazine groups is 1. The van der Waals surface area contributed by atoms with Gasteiger partial charge in [0.1, 0.15) is 0 Å². The summed E-state index contributed by atoms with van der Waals surface area (Å²) < 4.78 is 0. The van der Waals surface area contributed by atoms with Gasteiger partial charge < -0.3 is 0 Å². The van der Waals surface area contributed by atoms with Crippen LogP contribution in [0.2, 0.25) is 0 Å². The Morgan fingerprint density at radius 2 is 1.00 bits per heavy atom. The lowest BCUT2D eigenvalue weighted by Gasteiger charge is -2.25. The van der Waals surface area contributed by atoms with Crippen LogP contribution in [0.1, 0.15) is 27.7 Å². The maximum absolute atomic E-state index is 10.6. The molecule has 0 aromatic rings. The van der Waals surface area contributed by atoms with E-state index in [0.29, 0.717) is 0 Å². The molecule has 0 aromatic carbocycles. The molecular formula is C8H18N2O2. The first-order chi connectivity index (χ1) is 5.46. The van der Waals surface area contributed by atoms with Gasteiger partial charge in [0.05, 0.1) is 0 Å². The Kier molecular flexibility index (Phi) is 7.48. The molecule has 12 heavy (non-hydrogen) atoms. The highest BCUT2D eigenvalue weighted by molar-refractivity contribution is 5.78. The van der Waals surface area contributed by atoms with E-state index in [0.717, 1.165) is 0 Å². The Labute approximate surface area is 74.1 Å². The Bertz CT molecular complexity index is 139.